The molecular formula is C10H20N2O2S. The van der Waals surface area contributed by atoms with Crippen LogP contribution in [-0.4, -0.2) is 29.0 Å². The van der Waals surface area contributed by atoms with Crippen LogP contribution in [0.3, 0.4) is 0 Å². The highest BCUT2D eigenvalue weighted by Crippen LogP contribution is 2.08. The van der Waals surface area contributed by atoms with Crippen LogP contribution in [0.4, 0.5) is 0 Å². The number of primary amides is 1. The third-order valence-corrected chi connectivity index (χ3v) is 2.52. The van der Waals surface area contributed by atoms with E-state index in [2.05, 4.69) is 17.9 Å². The van der Waals surface area contributed by atoms with Gasteiger partial charge in [-0.25, -0.2) is 0 Å². The van der Waals surface area contributed by atoms with Crippen LogP contribution in [0.25, 0.3) is 0 Å². The summed E-state index contributed by atoms with van der Waals surface area (Å²) in [5, 5.41) is 2.54. The summed E-state index contributed by atoms with van der Waals surface area (Å²) < 4.78 is 0. The van der Waals surface area contributed by atoms with Gasteiger partial charge >= 0.3 is 0 Å². The molecule has 0 radical (unpaired) electrons. The second-order valence-corrected chi connectivity index (χ2v) is 4.47. The SMILES string of the molecule is CCC(=O)C(CC(S)C(N)=O)NC(C)C. The summed E-state index contributed by atoms with van der Waals surface area (Å²) in [4.78, 5) is 22.4. The van der Waals surface area contributed by atoms with E-state index in [1.54, 1.807) is 6.92 Å². The molecule has 0 saturated heterocycles. The highest BCUT2D eigenvalue weighted by molar-refractivity contribution is 7.81. The van der Waals surface area contributed by atoms with Gasteiger partial charge in [-0.05, 0) is 6.42 Å². The molecule has 0 fully saturated rings. The number of Topliss-reactive ketones (excluding diaryl/α,β-unsaturated/α-hetero) is 1. The number of nitrogens with two attached hydrogens (primary N) is 1. The van der Waals surface area contributed by atoms with E-state index in [0.717, 1.165) is 0 Å². The Morgan fingerprint density at radius 3 is 2.27 bits per heavy atom. The standard InChI is InChI=1S/C10H20N2O2S/c1-4-8(13)7(12-6(2)3)5-9(15)10(11)14/h6-7,9,12,15H,4-5H2,1-3H3,(H2,11,14). The molecule has 0 aromatic heterocycles. The van der Waals surface area contributed by atoms with Crippen molar-refractivity contribution in [2.45, 2.75) is 50.9 Å². The lowest BCUT2D eigenvalue weighted by Gasteiger charge is -2.21. The van der Waals surface area contributed by atoms with Crippen molar-refractivity contribution >= 4 is 24.3 Å². The zero-order valence-corrected chi connectivity index (χ0v) is 10.4. The van der Waals surface area contributed by atoms with Crippen molar-refractivity contribution in [2.75, 3.05) is 0 Å². The molecule has 0 aliphatic carbocycles. The molecule has 0 rings (SSSR count). The van der Waals surface area contributed by atoms with Crippen molar-refractivity contribution < 1.29 is 9.59 Å². The van der Waals surface area contributed by atoms with E-state index in [-0.39, 0.29) is 17.9 Å². The maximum Gasteiger partial charge on any atom is 0.230 e. The number of carbonyl (C=O) groups is 2. The van der Waals surface area contributed by atoms with Gasteiger partial charge in [-0.2, -0.15) is 12.6 Å². The topological polar surface area (TPSA) is 72.2 Å². The minimum Gasteiger partial charge on any atom is -0.369 e. The maximum absolute atomic E-state index is 11.6. The van der Waals surface area contributed by atoms with E-state index in [0.29, 0.717) is 12.8 Å². The van der Waals surface area contributed by atoms with E-state index in [4.69, 9.17) is 5.73 Å². The molecule has 15 heavy (non-hydrogen) atoms. The molecule has 0 spiro atoms. The Morgan fingerprint density at radius 1 is 1.40 bits per heavy atom. The van der Waals surface area contributed by atoms with E-state index >= 15 is 0 Å². The minimum absolute atomic E-state index is 0.0870. The number of hydrogen-bond donors (Lipinski definition) is 3. The fraction of sp³-hybridized carbons (Fsp3) is 0.800. The molecule has 2 unspecified atom stereocenters. The molecule has 0 heterocycles. The molecule has 0 bridgehead atoms. The number of ketones is 1. The molecule has 0 aliphatic rings. The summed E-state index contributed by atoms with van der Waals surface area (Å²) in [6.45, 7) is 5.70. The molecule has 0 aromatic rings. The van der Waals surface area contributed by atoms with Crippen molar-refractivity contribution in [2.24, 2.45) is 5.73 Å². The normalized spacial score (nSPS) is 15.0. The molecule has 2 atom stereocenters. The zero-order chi connectivity index (χ0) is 12.0. The second kappa shape index (κ2) is 6.85. The van der Waals surface area contributed by atoms with Gasteiger partial charge in [0.05, 0.1) is 11.3 Å². The Bertz CT molecular complexity index is 231. The Balaban J connectivity index is 4.36. The first-order valence-electron chi connectivity index (χ1n) is 5.14. The molecule has 5 heteroatoms. The van der Waals surface area contributed by atoms with Crippen LogP contribution in [0.5, 0.6) is 0 Å². The third-order valence-electron chi connectivity index (χ3n) is 2.06. The van der Waals surface area contributed by atoms with Gasteiger partial charge in [0.15, 0.2) is 0 Å². The summed E-state index contributed by atoms with van der Waals surface area (Å²) in [6, 6.07) is -0.135. The third kappa shape index (κ3) is 5.79. The smallest absolute Gasteiger partial charge is 0.230 e. The van der Waals surface area contributed by atoms with E-state index in [1.807, 2.05) is 13.8 Å². The van der Waals surface area contributed by atoms with Gasteiger partial charge in [-0.15, -0.1) is 0 Å². The average Bonchev–Trinajstić information content (AvgIpc) is 2.14. The number of rotatable bonds is 7. The Morgan fingerprint density at radius 2 is 1.93 bits per heavy atom. The van der Waals surface area contributed by atoms with Crippen LogP contribution in [-0.2, 0) is 9.59 Å². The zero-order valence-electron chi connectivity index (χ0n) is 9.49. The highest BCUT2D eigenvalue weighted by atomic mass is 32.1. The van der Waals surface area contributed by atoms with Crippen molar-refractivity contribution in [1.82, 2.24) is 5.32 Å². The number of thiol groups is 1. The van der Waals surface area contributed by atoms with Gasteiger partial charge in [0.25, 0.3) is 0 Å². The second-order valence-electron chi connectivity index (χ2n) is 3.85. The fourth-order valence-electron chi connectivity index (χ4n) is 1.28. The van der Waals surface area contributed by atoms with Crippen molar-refractivity contribution in [3.8, 4) is 0 Å². The first kappa shape index (κ1) is 14.5. The molecule has 88 valence electrons. The molecule has 4 nitrogen and oxygen atoms in total. The maximum atomic E-state index is 11.6. The Kier molecular flexibility index (Phi) is 6.60. The summed E-state index contributed by atoms with van der Waals surface area (Å²) in [5.41, 5.74) is 5.10. The van der Waals surface area contributed by atoms with Crippen molar-refractivity contribution in [1.29, 1.82) is 0 Å². The number of nitrogens with one attached hydrogen (secondary N) is 1. The van der Waals surface area contributed by atoms with Crippen LogP contribution in [0, 0.1) is 0 Å². The van der Waals surface area contributed by atoms with Gasteiger partial charge in [0, 0.05) is 12.5 Å². The van der Waals surface area contributed by atoms with Gasteiger partial charge in [0.2, 0.25) is 5.91 Å². The van der Waals surface area contributed by atoms with Crippen LogP contribution in [0.1, 0.15) is 33.6 Å². The van der Waals surface area contributed by atoms with Gasteiger partial charge in [-0.1, -0.05) is 20.8 Å². The average molecular weight is 232 g/mol. The Hall–Kier alpha value is -0.550. The molecule has 0 aromatic carbocycles. The van der Waals surface area contributed by atoms with Crippen LogP contribution in [0.15, 0.2) is 0 Å². The summed E-state index contributed by atoms with van der Waals surface area (Å²) >= 11 is 4.05. The van der Waals surface area contributed by atoms with E-state index in [1.165, 1.54) is 0 Å². The number of carbonyl (C=O) groups excluding carboxylic acids is 2. The van der Waals surface area contributed by atoms with E-state index in [9.17, 15) is 9.59 Å². The van der Waals surface area contributed by atoms with Crippen molar-refractivity contribution in [3.05, 3.63) is 0 Å². The highest BCUT2D eigenvalue weighted by Gasteiger charge is 2.22. The number of hydrogen-bond acceptors (Lipinski definition) is 4. The molecule has 3 N–H and O–H groups in total. The van der Waals surface area contributed by atoms with Crippen LogP contribution in [0.2, 0.25) is 0 Å². The fourth-order valence-corrected chi connectivity index (χ4v) is 1.49. The first-order valence-corrected chi connectivity index (χ1v) is 5.66. The lowest BCUT2D eigenvalue weighted by Crippen LogP contribution is -2.44. The Labute approximate surface area is 96.4 Å². The summed E-state index contributed by atoms with van der Waals surface area (Å²) in [5.74, 6) is -0.401. The quantitative estimate of drug-likeness (QED) is 0.560. The van der Waals surface area contributed by atoms with Crippen LogP contribution < -0.4 is 11.1 Å². The predicted octanol–water partition coefficient (Wildman–Crippen LogP) is 0.506. The predicted molar refractivity (Wildman–Crippen MR) is 63.9 cm³/mol. The minimum atomic E-state index is -0.572. The van der Waals surface area contributed by atoms with Gasteiger partial charge < -0.3 is 11.1 Å². The van der Waals surface area contributed by atoms with E-state index < -0.39 is 11.2 Å². The lowest BCUT2D eigenvalue weighted by atomic mass is 10.0. The molecule has 0 aliphatic heterocycles. The molecular weight excluding hydrogens is 212 g/mol. The molecule has 1 amide bonds. The van der Waals surface area contributed by atoms with Crippen molar-refractivity contribution in [3.63, 3.8) is 0 Å². The largest absolute Gasteiger partial charge is 0.369 e. The van der Waals surface area contributed by atoms with Gasteiger partial charge in [-0.3, -0.25) is 9.59 Å². The number of amides is 1. The summed E-state index contributed by atoms with van der Waals surface area (Å²) in [6.07, 6.45) is 0.799. The van der Waals surface area contributed by atoms with Crippen LogP contribution >= 0.6 is 12.6 Å². The first-order chi connectivity index (χ1) is 6.88. The van der Waals surface area contributed by atoms with Gasteiger partial charge in [0.1, 0.15) is 5.78 Å². The lowest BCUT2D eigenvalue weighted by molar-refractivity contribution is -0.121. The summed E-state index contributed by atoms with van der Waals surface area (Å²) in [7, 11) is 0. The molecule has 0 saturated carbocycles. The monoisotopic (exact) mass is 232 g/mol.